The molecule has 0 bridgehead atoms. The van der Waals surface area contributed by atoms with Crippen LogP contribution >= 0.6 is 0 Å². The molecule has 0 aliphatic rings. The van der Waals surface area contributed by atoms with Crippen LogP contribution in [0.15, 0.2) is 58.2 Å². The predicted octanol–water partition coefficient (Wildman–Crippen LogP) is 2.41. The number of rotatable bonds is 6. The highest BCUT2D eigenvalue weighted by Gasteiger charge is 2.33. The second-order valence-corrected chi connectivity index (χ2v) is 8.13. The number of nitrogens with one attached hydrogen (secondary N) is 2. The lowest BCUT2D eigenvalue weighted by Crippen LogP contribution is -2.26. The summed E-state index contributed by atoms with van der Waals surface area (Å²) in [5, 5.41) is 8.62. The van der Waals surface area contributed by atoms with Crippen LogP contribution in [0.3, 0.4) is 0 Å². The first kappa shape index (κ1) is 21.0. The Morgan fingerprint density at radius 3 is 2.28 bits per heavy atom. The van der Waals surface area contributed by atoms with Gasteiger partial charge in [0, 0.05) is 23.5 Å². The van der Waals surface area contributed by atoms with Gasteiger partial charge in [-0.05, 0) is 41.8 Å². The molecule has 3 N–H and O–H groups in total. The number of hydrogen-bond donors (Lipinski definition) is 3. The Balaban J connectivity index is 1.91. The van der Waals surface area contributed by atoms with Crippen molar-refractivity contribution < 1.29 is 26.7 Å². The number of fused-ring (bicyclic) bond motifs is 1. The van der Waals surface area contributed by atoms with Gasteiger partial charge in [-0.25, -0.2) is 13.1 Å². The molecule has 1 aromatic heterocycles. The van der Waals surface area contributed by atoms with Crippen LogP contribution in [0.5, 0.6) is 0 Å². The Morgan fingerprint density at radius 1 is 1.00 bits per heavy atom. The van der Waals surface area contributed by atoms with E-state index in [9.17, 15) is 26.4 Å². The van der Waals surface area contributed by atoms with Crippen molar-refractivity contribution in [2.75, 3.05) is 13.2 Å². The maximum absolute atomic E-state index is 13.3. The van der Waals surface area contributed by atoms with E-state index in [1.54, 1.807) is 18.2 Å². The van der Waals surface area contributed by atoms with Gasteiger partial charge in [0.1, 0.15) is 0 Å². The maximum atomic E-state index is 13.3. The number of halogens is 3. The van der Waals surface area contributed by atoms with Crippen LogP contribution < -0.4 is 10.3 Å². The van der Waals surface area contributed by atoms with Gasteiger partial charge in [-0.2, -0.15) is 13.2 Å². The van der Waals surface area contributed by atoms with Crippen LogP contribution in [0, 0.1) is 0 Å². The van der Waals surface area contributed by atoms with E-state index in [1.165, 1.54) is 24.3 Å². The zero-order valence-corrected chi connectivity index (χ0v) is 15.8. The van der Waals surface area contributed by atoms with Gasteiger partial charge in [0.2, 0.25) is 15.6 Å². The molecular weight excluding hydrogens is 409 g/mol. The van der Waals surface area contributed by atoms with E-state index in [0.717, 1.165) is 0 Å². The van der Waals surface area contributed by atoms with Gasteiger partial charge in [-0.1, -0.05) is 18.2 Å². The molecule has 154 valence electrons. The highest BCUT2D eigenvalue weighted by atomic mass is 32.2. The first-order chi connectivity index (χ1) is 13.6. The molecule has 6 nitrogen and oxygen atoms in total. The molecule has 3 rings (SSSR count). The molecule has 0 amide bonds. The average molecular weight is 426 g/mol. The Bertz CT molecular complexity index is 1190. The molecule has 2 aromatic carbocycles. The lowest BCUT2D eigenvalue weighted by Gasteiger charge is -2.11. The van der Waals surface area contributed by atoms with E-state index in [4.69, 9.17) is 5.11 Å². The average Bonchev–Trinajstić information content (AvgIpc) is 2.66. The molecule has 3 aromatic rings. The molecule has 0 radical (unpaired) electrons. The Labute approximate surface area is 164 Å². The molecule has 0 fully saturated rings. The van der Waals surface area contributed by atoms with Gasteiger partial charge >= 0.3 is 6.18 Å². The summed E-state index contributed by atoms with van der Waals surface area (Å²) < 4.78 is 66.1. The minimum Gasteiger partial charge on any atom is -0.395 e. The number of benzene rings is 2. The third-order valence-electron chi connectivity index (χ3n) is 4.26. The Morgan fingerprint density at radius 2 is 1.66 bits per heavy atom. The number of H-pyrrole nitrogens is 1. The predicted molar refractivity (Wildman–Crippen MR) is 101 cm³/mol. The fourth-order valence-electron chi connectivity index (χ4n) is 2.93. The normalized spacial score (nSPS) is 12.4. The smallest absolute Gasteiger partial charge is 0.395 e. The second-order valence-electron chi connectivity index (χ2n) is 6.37. The van der Waals surface area contributed by atoms with Gasteiger partial charge in [0.05, 0.1) is 17.1 Å². The molecule has 0 saturated carbocycles. The van der Waals surface area contributed by atoms with E-state index < -0.39 is 27.3 Å². The third-order valence-corrected chi connectivity index (χ3v) is 5.74. The summed E-state index contributed by atoms with van der Waals surface area (Å²) in [5.74, 6) is 0. The van der Waals surface area contributed by atoms with E-state index >= 15 is 0 Å². The zero-order valence-electron chi connectivity index (χ0n) is 15.0. The Hall–Kier alpha value is -2.69. The van der Waals surface area contributed by atoms with Gasteiger partial charge < -0.3 is 10.1 Å². The van der Waals surface area contributed by atoms with E-state index in [2.05, 4.69) is 9.71 Å². The number of pyridine rings is 1. The van der Waals surface area contributed by atoms with Crippen molar-refractivity contribution in [2.24, 2.45) is 0 Å². The van der Waals surface area contributed by atoms with Crippen LogP contribution in [0.4, 0.5) is 13.2 Å². The van der Waals surface area contributed by atoms with Crippen molar-refractivity contribution in [3.63, 3.8) is 0 Å². The minimum atomic E-state index is -4.66. The van der Waals surface area contributed by atoms with Crippen molar-refractivity contribution in [1.29, 1.82) is 0 Å². The SMILES string of the molecule is O=c1cc(C(F)(F)F)c2cc(Cc3ccc(S(=O)(=O)NCCO)cc3)ccc2[nH]1. The fourth-order valence-corrected chi connectivity index (χ4v) is 3.95. The number of aliphatic hydroxyl groups excluding tert-OH is 1. The standard InChI is InChI=1S/C19H17F3N2O4S/c20-19(21,22)16-11-18(26)24-17-6-3-13(10-15(16)17)9-12-1-4-14(5-2-12)29(27,28)23-7-8-25/h1-6,10-11,23,25H,7-9H2,(H,24,26). The monoisotopic (exact) mass is 426 g/mol. The fraction of sp³-hybridized carbons (Fsp3) is 0.211. The molecule has 1 heterocycles. The van der Waals surface area contributed by atoms with Gasteiger partial charge in [-0.3, -0.25) is 4.79 Å². The topological polar surface area (TPSA) is 99.3 Å². The summed E-state index contributed by atoms with van der Waals surface area (Å²) in [5.41, 5.74) is -0.476. The molecule has 0 saturated heterocycles. The highest BCUT2D eigenvalue weighted by molar-refractivity contribution is 7.89. The van der Waals surface area contributed by atoms with Crippen LogP contribution in [0.1, 0.15) is 16.7 Å². The largest absolute Gasteiger partial charge is 0.417 e. The summed E-state index contributed by atoms with van der Waals surface area (Å²) in [4.78, 5) is 13.9. The number of sulfonamides is 1. The number of hydrogen-bond acceptors (Lipinski definition) is 4. The van der Waals surface area contributed by atoms with Crippen LogP contribution in [-0.2, 0) is 22.6 Å². The summed E-state index contributed by atoms with van der Waals surface area (Å²) in [7, 11) is -3.74. The number of alkyl halides is 3. The van der Waals surface area contributed by atoms with Gasteiger partial charge in [0.15, 0.2) is 0 Å². The molecule has 29 heavy (non-hydrogen) atoms. The van der Waals surface area contributed by atoms with Crippen LogP contribution in [-0.4, -0.2) is 31.7 Å². The summed E-state index contributed by atoms with van der Waals surface area (Å²) in [6, 6.07) is 10.8. The molecule has 0 aliphatic heterocycles. The van der Waals surface area contributed by atoms with Crippen molar-refractivity contribution in [3.8, 4) is 0 Å². The van der Waals surface area contributed by atoms with Gasteiger partial charge in [-0.15, -0.1) is 0 Å². The zero-order chi connectivity index (χ0) is 21.2. The van der Waals surface area contributed by atoms with Crippen LogP contribution in [0.25, 0.3) is 10.9 Å². The second kappa shape index (κ2) is 7.97. The lowest BCUT2D eigenvalue weighted by molar-refractivity contribution is -0.136. The lowest BCUT2D eigenvalue weighted by atomic mass is 10.0. The molecule has 0 aliphatic carbocycles. The summed E-state index contributed by atoms with van der Waals surface area (Å²) in [6.45, 7) is -0.435. The quantitative estimate of drug-likeness (QED) is 0.564. The number of aromatic amines is 1. The highest BCUT2D eigenvalue weighted by Crippen LogP contribution is 2.33. The minimum absolute atomic E-state index is 0.0187. The number of aromatic nitrogens is 1. The van der Waals surface area contributed by atoms with Gasteiger partial charge in [0.25, 0.3) is 0 Å². The number of aliphatic hydroxyl groups is 1. The molecule has 10 heteroatoms. The van der Waals surface area contributed by atoms with E-state index in [0.29, 0.717) is 17.2 Å². The maximum Gasteiger partial charge on any atom is 0.417 e. The van der Waals surface area contributed by atoms with Crippen molar-refractivity contribution in [1.82, 2.24) is 9.71 Å². The molecule has 0 spiro atoms. The first-order valence-corrected chi connectivity index (χ1v) is 10.0. The van der Waals surface area contributed by atoms with Crippen LogP contribution in [0.2, 0.25) is 0 Å². The van der Waals surface area contributed by atoms with Crippen molar-refractivity contribution in [3.05, 3.63) is 75.6 Å². The molecular formula is C19H17F3N2O4S. The van der Waals surface area contributed by atoms with Crippen molar-refractivity contribution in [2.45, 2.75) is 17.5 Å². The molecule has 0 unspecified atom stereocenters. The Kier molecular flexibility index (Phi) is 5.78. The van der Waals surface area contributed by atoms with E-state index in [1.807, 2.05) is 0 Å². The summed E-state index contributed by atoms with van der Waals surface area (Å²) in [6.07, 6.45) is -4.39. The molecule has 0 atom stereocenters. The third kappa shape index (κ3) is 4.84. The first-order valence-electron chi connectivity index (χ1n) is 8.53. The van der Waals surface area contributed by atoms with E-state index in [-0.39, 0.29) is 35.4 Å². The van der Waals surface area contributed by atoms with Crippen molar-refractivity contribution >= 4 is 20.9 Å². The summed E-state index contributed by atoms with van der Waals surface area (Å²) >= 11 is 0.